The highest BCUT2D eigenvalue weighted by Gasteiger charge is 2.56. The van der Waals surface area contributed by atoms with Gasteiger partial charge in [0.2, 0.25) is 0 Å². The zero-order chi connectivity index (χ0) is 14.2. The third kappa shape index (κ3) is 2.32. The molecule has 1 unspecified atom stereocenters. The van der Waals surface area contributed by atoms with E-state index in [1.807, 2.05) is 0 Å². The van der Waals surface area contributed by atoms with Gasteiger partial charge in [0.25, 0.3) is 0 Å². The van der Waals surface area contributed by atoms with Gasteiger partial charge in [0.1, 0.15) is 23.8 Å². The molecule has 0 aromatic rings. The first kappa shape index (κ1) is 14.5. The van der Waals surface area contributed by atoms with Crippen LogP contribution in [0.5, 0.6) is 0 Å². The molecule has 0 bridgehead atoms. The molecule has 2 rings (SSSR count). The second-order valence-corrected chi connectivity index (χ2v) is 4.81. The number of hydrogen-bond donors (Lipinski definition) is 4. The number of nitrogens with one attached hydrogen (secondary N) is 1. The Kier molecular flexibility index (Phi) is 4.03. The molecule has 5 atom stereocenters. The van der Waals surface area contributed by atoms with Crippen LogP contribution in [0.2, 0.25) is 0 Å². The van der Waals surface area contributed by atoms with Crippen molar-refractivity contribution in [1.29, 1.82) is 0 Å². The minimum atomic E-state index is -1.77. The normalized spacial score (nSPS) is 42.6. The zero-order valence-corrected chi connectivity index (χ0v) is 10.8. The first-order chi connectivity index (χ1) is 8.95. The number of halogens is 2. The molecule has 0 radical (unpaired) electrons. The molecule has 0 aliphatic carbocycles. The quantitative estimate of drug-likeness (QED) is 0.511. The summed E-state index contributed by atoms with van der Waals surface area (Å²) in [5.41, 5.74) is -1.55. The predicted octanol–water partition coefficient (Wildman–Crippen LogP) is -0.780. The molecule has 6 nitrogen and oxygen atoms in total. The zero-order valence-electron chi connectivity index (χ0n) is 10.0. The van der Waals surface area contributed by atoms with Gasteiger partial charge in [-0.25, -0.2) is 4.39 Å². The van der Waals surface area contributed by atoms with Gasteiger partial charge in [-0.05, 0) is 6.08 Å². The standard InChI is InChI=1S/C11H16ClFN2O4/c1-6-14-7(17)2-3-15(6)10-8(13)9(18)11(4-12,5-16)19-10/h2-3,7-10,14,16-18H,1,4-5H2/t7?,8-,9+,10-,11-/m1/s1. The van der Waals surface area contributed by atoms with Crippen LogP contribution in [-0.4, -0.2) is 63.0 Å². The summed E-state index contributed by atoms with van der Waals surface area (Å²) in [4.78, 5) is 1.30. The highest BCUT2D eigenvalue weighted by molar-refractivity contribution is 6.18. The van der Waals surface area contributed by atoms with Crippen molar-refractivity contribution in [2.45, 2.75) is 30.3 Å². The van der Waals surface area contributed by atoms with Crippen molar-refractivity contribution in [1.82, 2.24) is 10.2 Å². The van der Waals surface area contributed by atoms with Crippen molar-refractivity contribution in [3.63, 3.8) is 0 Å². The monoisotopic (exact) mass is 294 g/mol. The van der Waals surface area contributed by atoms with Crippen molar-refractivity contribution in [3.8, 4) is 0 Å². The first-order valence-corrected chi connectivity index (χ1v) is 6.25. The summed E-state index contributed by atoms with van der Waals surface area (Å²) in [6.45, 7) is 3.03. The fraction of sp³-hybridized carbons (Fsp3) is 0.636. The lowest BCUT2D eigenvalue weighted by molar-refractivity contribution is -0.123. The van der Waals surface area contributed by atoms with Gasteiger partial charge < -0.3 is 30.3 Å². The lowest BCUT2D eigenvalue weighted by Gasteiger charge is -2.35. The number of ether oxygens (including phenoxy) is 1. The molecule has 1 fully saturated rings. The molecule has 2 aliphatic rings. The predicted molar refractivity (Wildman–Crippen MR) is 65.6 cm³/mol. The molecule has 0 aromatic carbocycles. The van der Waals surface area contributed by atoms with Crippen molar-refractivity contribution in [2.24, 2.45) is 0 Å². The van der Waals surface area contributed by atoms with Crippen LogP contribution >= 0.6 is 11.6 Å². The number of aliphatic hydroxyl groups is 3. The summed E-state index contributed by atoms with van der Waals surface area (Å²) >= 11 is 5.66. The van der Waals surface area contributed by atoms with Gasteiger partial charge in [-0.2, -0.15) is 0 Å². The van der Waals surface area contributed by atoms with Gasteiger partial charge in [0, 0.05) is 6.20 Å². The van der Waals surface area contributed by atoms with Crippen LogP contribution in [0, 0.1) is 0 Å². The van der Waals surface area contributed by atoms with Crippen LogP contribution in [0.4, 0.5) is 4.39 Å². The van der Waals surface area contributed by atoms with E-state index < -0.39 is 36.9 Å². The van der Waals surface area contributed by atoms with E-state index in [9.17, 15) is 19.7 Å². The van der Waals surface area contributed by atoms with E-state index in [-0.39, 0.29) is 11.7 Å². The van der Waals surface area contributed by atoms with Gasteiger partial charge in [-0.3, -0.25) is 0 Å². The summed E-state index contributed by atoms with van der Waals surface area (Å²) in [5.74, 6) is -0.0278. The summed E-state index contributed by atoms with van der Waals surface area (Å²) in [6.07, 6.45) is -2.64. The highest BCUT2D eigenvalue weighted by Crippen LogP contribution is 2.37. The third-order valence-corrected chi connectivity index (χ3v) is 3.74. The lowest BCUT2D eigenvalue weighted by Crippen LogP contribution is -2.47. The van der Waals surface area contributed by atoms with E-state index in [1.54, 1.807) is 0 Å². The molecule has 19 heavy (non-hydrogen) atoms. The second kappa shape index (κ2) is 5.26. The average Bonchev–Trinajstić information content (AvgIpc) is 2.64. The lowest BCUT2D eigenvalue weighted by atomic mass is 9.99. The summed E-state index contributed by atoms with van der Waals surface area (Å²) < 4.78 is 19.6. The topological polar surface area (TPSA) is 85.2 Å². The molecule has 2 aliphatic heterocycles. The van der Waals surface area contributed by atoms with Gasteiger partial charge >= 0.3 is 0 Å². The highest BCUT2D eigenvalue weighted by atomic mass is 35.5. The minimum absolute atomic E-state index is 0.221. The van der Waals surface area contributed by atoms with Crippen LogP contribution in [0.1, 0.15) is 0 Å². The van der Waals surface area contributed by atoms with E-state index in [1.165, 1.54) is 17.2 Å². The Morgan fingerprint density at radius 2 is 2.26 bits per heavy atom. The van der Waals surface area contributed by atoms with Crippen molar-refractivity contribution in [3.05, 3.63) is 24.7 Å². The number of alkyl halides is 2. The number of aliphatic hydroxyl groups excluding tert-OH is 3. The summed E-state index contributed by atoms with van der Waals surface area (Å²) in [5, 5.41) is 31.0. The van der Waals surface area contributed by atoms with E-state index in [4.69, 9.17) is 16.3 Å². The van der Waals surface area contributed by atoms with Gasteiger partial charge in [0.05, 0.1) is 12.5 Å². The van der Waals surface area contributed by atoms with E-state index >= 15 is 0 Å². The Balaban J connectivity index is 2.23. The van der Waals surface area contributed by atoms with Gasteiger partial charge in [-0.15, -0.1) is 11.6 Å². The molecule has 0 aromatic heterocycles. The smallest absolute Gasteiger partial charge is 0.174 e. The van der Waals surface area contributed by atoms with E-state index in [2.05, 4.69) is 11.9 Å². The molecular weight excluding hydrogens is 279 g/mol. The third-order valence-electron chi connectivity index (χ3n) is 3.29. The van der Waals surface area contributed by atoms with Crippen molar-refractivity contribution in [2.75, 3.05) is 12.5 Å². The Hall–Kier alpha value is -0.860. The Morgan fingerprint density at radius 1 is 1.58 bits per heavy atom. The maximum absolute atomic E-state index is 14.2. The SMILES string of the molecule is C=C1NC(O)C=CN1[C@@H]1O[C@@](CO)(CCl)[C@@H](O)[C@H]1F. The molecule has 4 N–H and O–H groups in total. The Bertz CT molecular complexity index is 391. The maximum Gasteiger partial charge on any atom is 0.174 e. The van der Waals surface area contributed by atoms with Crippen LogP contribution in [-0.2, 0) is 4.74 Å². The minimum Gasteiger partial charge on any atom is -0.393 e. The van der Waals surface area contributed by atoms with Crippen LogP contribution < -0.4 is 5.32 Å². The largest absolute Gasteiger partial charge is 0.393 e. The molecule has 0 spiro atoms. The number of rotatable bonds is 3. The second-order valence-electron chi connectivity index (χ2n) is 4.54. The van der Waals surface area contributed by atoms with Gasteiger partial charge in [0.15, 0.2) is 12.4 Å². The van der Waals surface area contributed by atoms with E-state index in [0.717, 1.165) is 0 Å². The average molecular weight is 295 g/mol. The Morgan fingerprint density at radius 3 is 2.74 bits per heavy atom. The number of hydrogen-bond acceptors (Lipinski definition) is 6. The maximum atomic E-state index is 14.2. The van der Waals surface area contributed by atoms with Crippen LogP contribution in [0.3, 0.4) is 0 Å². The fourth-order valence-corrected chi connectivity index (χ4v) is 2.42. The summed E-state index contributed by atoms with van der Waals surface area (Å²) in [6, 6.07) is 0. The van der Waals surface area contributed by atoms with Crippen LogP contribution in [0.15, 0.2) is 24.7 Å². The van der Waals surface area contributed by atoms with Crippen molar-refractivity contribution < 1.29 is 24.4 Å². The van der Waals surface area contributed by atoms with Gasteiger partial charge in [-0.1, -0.05) is 6.58 Å². The fourth-order valence-electron chi connectivity index (χ4n) is 2.11. The Labute approximate surface area is 114 Å². The van der Waals surface area contributed by atoms with Crippen molar-refractivity contribution >= 4 is 11.6 Å². The van der Waals surface area contributed by atoms with Crippen LogP contribution in [0.25, 0.3) is 0 Å². The molecule has 108 valence electrons. The molecule has 8 heteroatoms. The molecule has 0 saturated carbocycles. The summed E-state index contributed by atoms with van der Waals surface area (Å²) in [7, 11) is 0. The first-order valence-electron chi connectivity index (χ1n) is 5.72. The van der Waals surface area contributed by atoms with E-state index in [0.29, 0.717) is 0 Å². The molecular formula is C11H16ClFN2O4. The molecule has 1 saturated heterocycles. The molecule has 0 amide bonds. The molecule has 2 heterocycles. The number of nitrogens with zero attached hydrogens (tertiary/aromatic N) is 1.